The highest BCUT2D eigenvalue weighted by Gasteiger charge is 2.06. The molecule has 1 rings (SSSR count). The van der Waals surface area contributed by atoms with E-state index in [9.17, 15) is 0 Å². The van der Waals surface area contributed by atoms with Crippen LogP contribution < -0.4 is 5.32 Å². The van der Waals surface area contributed by atoms with E-state index < -0.39 is 0 Å². The van der Waals surface area contributed by atoms with E-state index in [0.717, 1.165) is 31.3 Å². The Morgan fingerprint density at radius 2 is 1.94 bits per heavy atom. The molecule has 17 heavy (non-hydrogen) atoms. The summed E-state index contributed by atoms with van der Waals surface area (Å²) in [6.07, 6.45) is 3.63. The average molecular weight is 366 g/mol. The molecule has 3 heteroatoms. The highest BCUT2D eigenvalue weighted by molar-refractivity contribution is 14.1. The molecule has 1 N–H and O–H groups in total. The first-order valence-electron chi connectivity index (χ1n) is 6.27. The second-order valence-electron chi connectivity index (χ2n) is 4.39. The third kappa shape index (κ3) is 6.63. The van der Waals surface area contributed by atoms with E-state index in [0.29, 0.717) is 0 Å². The Morgan fingerprint density at radius 3 is 2.53 bits per heavy atom. The van der Waals surface area contributed by atoms with Crippen LogP contribution in [0.3, 0.4) is 0 Å². The van der Waals surface area contributed by atoms with Crippen molar-refractivity contribution in [1.82, 2.24) is 5.32 Å². The summed E-state index contributed by atoms with van der Waals surface area (Å²) in [5.41, 5.74) is 1.35. The van der Waals surface area contributed by atoms with Crippen molar-refractivity contribution in [2.75, 3.05) is 12.4 Å². The van der Waals surface area contributed by atoms with E-state index in [2.05, 4.69) is 59.1 Å². The molecule has 0 radical (unpaired) electrons. The molecule has 0 bridgehead atoms. The Kier molecular flexibility index (Phi) is 8.23. The van der Waals surface area contributed by atoms with Crippen molar-refractivity contribution in [2.24, 2.45) is 5.92 Å². The second-order valence-corrected chi connectivity index (χ2v) is 6.01. The molecule has 0 aliphatic carbocycles. The summed E-state index contributed by atoms with van der Waals surface area (Å²) in [6.45, 7) is 4.27. The van der Waals surface area contributed by atoms with Crippen LogP contribution in [0.1, 0.15) is 31.7 Å². The molecule has 1 atom stereocenters. The van der Waals surface area contributed by atoms with Crippen molar-refractivity contribution in [3.05, 3.63) is 33.4 Å². The van der Waals surface area contributed by atoms with Gasteiger partial charge in [-0.05, 0) is 65.6 Å². The van der Waals surface area contributed by atoms with Gasteiger partial charge in [0.1, 0.15) is 0 Å². The van der Waals surface area contributed by atoms with E-state index in [-0.39, 0.29) is 0 Å². The standard InChI is InChI=1S/C14H21ClIN/c1-2-3-12(8-9-15)10-17-11-13-4-6-14(16)7-5-13/h4-7,12,17H,2-3,8-11H2,1H3. The van der Waals surface area contributed by atoms with Gasteiger partial charge < -0.3 is 5.32 Å². The van der Waals surface area contributed by atoms with Crippen molar-refractivity contribution in [3.63, 3.8) is 0 Å². The lowest BCUT2D eigenvalue weighted by atomic mass is 10.0. The fourth-order valence-corrected chi connectivity index (χ4v) is 2.60. The number of halogens is 2. The Morgan fingerprint density at radius 1 is 1.24 bits per heavy atom. The summed E-state index contributed by atoms with van der Waals surface area (Å²) in [5.74, 6) is 1.50. The number of nitrogens with one attached hydrogen (secondary N) is 1. The summed E-state index contributed by atoms with van der Waals surface area (Å²) in [7, 11) is 0. The van der Waals surface area contributed by atoms with Crippen molar-refractivity contribution in [1.29, 1.82) is 0 Å². The van der Waals surface area contributed by atoms with Crippen LogP contribution in [-0.4, -0.2) is 12.4 Å². The minimum absolute atomic E-state index is 0.723. The fourth-order valence-electron chi connectivity index (χ4n) is 1.93. The van der Waals surface area contributed by atoms with Crippen LogP contribution in [-0.2, 0) is 6.54 Å². The van der Waals surface area contributed by atoms with Gasteiger partial charge in [-0.25, -0.2) is 0 Å². The molecule has 0 spiro atoms. The summed E-state index contributed by atoms with van der Waals surface area (Å²) in [5, 5.41) is 3.53. The van der Waals surface area contributed by atoms with E-state index in [1.165, 1.54) is 22.0 Å². The molecule has 0 aromatic heterocycles. The lowest BCUT2D eigenvalue weighted by molar-refractivity contribution is 0.430. The smallest absolute Gasteiger partial charge is 0.0226 e. The van der Waals surface area contributed by atoms with Gasteiger partial charge in [0.2, 0.25) is 0 Å². The van der Waals surface area contributed by atoms with Crippen LogP contribution >= 0.6 is 34.2 Å². The second kappa shape index (κ2) is 9.17. The lowest BCUT2D eigenvalue weighted by Gasteiger charge is -2.15. The third-order valence-corrected chi connectivity index (χ3v) is 3.83. The maximum Gasteiger partial charge on any atom is 0.0226 e. The summed E-state index contributed by atoms with van der Waals surface area (Å²) in [6, 6.07) is 8.68. The normalized spacial score (nSPS) is 12.6. The zero-order chi connectivity index (χ0) is 12.5. The van der Waals surface area contributed by atoms with Gasteiger partial charge in [-0.3, -0.25) is 0 Å². The maximum atomic E-state index is 5.82. The summed E-state index contributed by atoms with van der Waals surface area (Å²) >= 11 is 8.15. The lowest BCUT2D eigenvalue weighted by Crippen LogP contribution is -2.22. The van der Waals surface area contributed by atoms with Crippen LogP contribution in [0.25, 0.3) is 0 Å². The van der Waals surface area contributed by atoms with E-state index in [4.69, 9.17) is 11.6 Å². The molecule has 96 valence electrons. The minimum Gasteiger partial charge on any atom is -0.312 e. The van der Waals surface area contributed by atoms with Crippen LogP contribution in [0.5, 0.6) is 0 Å². The van der Waals surface area contributed by atoms with Crippen LogP contribution in [0.2, 0.25) is 0 Å². The van der Waals surface area contributed by atoms with Gasteiger partial charge in [-0.15, -0.1) is 11.6 Å². The molecule has 0 amide bonds. The molecule has 0 heterocycles. The quantitative estimate of drug-likeness (QED) is 0.531. The van der Waals surface area contributed by atoms with Crippen LogP contribution in [0, 0.1) is 9.49 Å². The predicted octanol–water partition coefficient (Wildman–Crippen LogP) is 4.43. The number of hydrogen-bond donors (Lipinski definition) is 1. The van der Waals surface area contributed by atoms with Gasteiger partial charge in [-0.1, -0.05) is 25.5 Å². The molecular weight excluding hydrogens is 345 g/mol. The van der Waals surface area contributed by atoms with Crippen molar-refractivity contribution in [2.45, 2.75) is 32.7 Å². The average Bonchev–Trinajstić information content (AvgIpc) is 2.32. The Balaban J connectivity index is 2.27. The fraction of sp³-hybridized carbons (Fsp3) is 0.571. The van der Waals surface area contributed by atoms with Gasteiger partial charge in [0, 0.05) is 16.0 Å². The molecule has 1 unspecified atom stereocenters. The van der Waals surface area contributed by atoms with E-state index >= 15 is 0 Å². The maximum absolute atomic E-state index is 5.82. The molecule has 0 fully saturated rings. The molecular formula is C14H21ClIN. The summed E-state index contributed by atoms with van der Waals surface area (Å²) in [4.78, 5) is 0. The van der Waals surface area contributed by atoms with E-state index in [1.807, 2.05) is 0 Å². The molecule has 0 saturated heterocycles. The zero-order valence-electron chi connectivity index (χ0n) is 10.4. The number of alkyl halides is 1. The van der Waals surface area contributed by atoms with Gasteiger partial charge in [-0.2, -0.15) is 0 Å². The minimum atomic E-state index is 0.723. The SMILES string of the molecule is CCCC(CCCl)CNCc1ccc(I)cc1. The monoisotopic (exact) mass is 365 g/mol. The first kappa shape index (κ1) is 15.3. The highest BCUT2D eigenvalue weighted by Crippen LogP contribution is 2.11. The number of hydrogen-bond acceptors (Lipinski definition) is 1. The van der Waals surface area contributed by atoms with Crippen LogP contribution in [0.15, 0.2) is 24.3 Å². The largest absolute Gasteiger partial charge is 0.312 e. The van der Waals surface area contributed by atoms with Gasteiger partial charge in [0.15, 0.2) is 0 Å². The van der Waals surface area contributed by atoms with Crippen molar-refractivity contribution in [3.8, 4) is 0 Å². The molecule has 0 aliphatic rings. The molecule has 0 saturated carbocycles. The van der Waals surface area contributed by atoms with Gasteiger partial charge in [0.25, 0.3) is 0 Å². The van der Waals surface area contributed by atoms with Gasteiger partial charge in [0.05, 0.1) is 0 Å². The van der Waals surface area contributed by atoms with Crippen molar-refractivity contribution >= 4 is 34.2 Å². The van der Waals surface area contributed by atoms with Gasteiger partial charge >= 0.3 is 0 Å². The van der Waals surface area contributed by atoms with E-state index in [1.54, 1.807) is 0 Å². The highest BCUT2D eigenvalue weighted by atomic mass is 127. The number of rotatable bonds is 8. The molecule has 1 nitrogen and oxygen atoms in total. The predicted molar refractivity (Wildman–Crippen MR) is 84.6 cm³/mol. The summed E-state index contributed by atoms with van der Waals surface area (Å²) < 4.78 is 1.29. The zero-order valence-corrected chi connectivity index (χ0v) is 13.3. The third-order valence-electron chi connectivity index (χ3n) is 2.89. The Hall–Kier alpha value is 0.200. The Bertz CT molecular complexity index is 294. The van der Waals surface area contributed by atoms with Crippen molar-refractivity contribution < 1.29 is 0 Å². The molecule has 1 aromatic rings. The first-order valence-corrected chi connectivity index (χ1v) is 7.88. The topological polar surface area (TPSA) is 12.0 Å². The van der Waals surface area contributed by atoms with Crippen LogP contribution in [0.4, 0.5) is 0 Å². The number of benzene rings is 1. The molecule has 0 aliphatic heterocycles. The first-order chi connectivity index (χ1) is 8.26. The Labute approximate surface area is 123 Å². The molecule has 1 aromatic carbocycles.